The SMILES string of the molecule is CCN(CC)CCSc1cc(Cl)ccc1C#N. The standard InChI is InChI=1S/C13H17ClN2S/c1-3-16(4-2)7-8-17-13-9-12(14)6-5-11(13)10-15/h5-6,9H,3-4,7-8H2,1-2H3. The summed E-state index contributed by atoms with van der Waals surface area (Å²) in [5, 5.41) is 9.68. The van der Waals surface area contributed by atoms with Gasteiger partial charge in [0, 0.05) is 22.2 Å². The molecule has 92 valence electrons. The van der Waals surface area contributed by atoms with Gasteiger partial charge in [-0.25, -0.2) is 0 Å². The van der Waals surface area contributed by atoms with E-state index in [1.54, 1.807) is 23.9 Å². The molecular formula is C13H17ClN2S. The van der Waals surface area contributed by atoms with Crippen molar-refractivity contribution in [3.8, 4) is 6.07 Å². The maximum absolute atomic E-state index is 8.99. The first kappa shape index (κ1) is 14.4. The molecule has 0 saturated heterocycles. The average Bonchev–Trinajstić information content (AvgIpc) is 2.35. The first-order chi connectivity index (χ1) is 8.21. The van der Waals surface area contributed by atoms with Gasteiger partial charge in [-0.05, 0) is 31.3 Å². The van der Waals surface area contributed by atoms with Crippen LogP contribution in [0.2, 0.25) is 5.02 Å². The van der Waals surface area contributed by atoms with Crippen LogP contribution in [0.25, 0.3) is 0 Å². The van der Waals surface area contributed by atoms with Crippen molar-refractivity contribution in [2.24, 2.45) is 0 Å². The van der Waals surface area contributed by atoms with Crippen LogP contribution in [0.1, 0.15) is 19.4 Å². The molecule has 1 aromatic rings. The summed E-state index contributed by atoms with van der Waals surface area (Å²) in [6.45, 7) is 7.49. The van der Waals surface area contributed by atoms with Crippen molar-refractivity contribution < 1.29 is 0 Å². The minimum atomic E-state index is 0.689. The van der Waals surface area contributed by atoms with Crippen molar-refractivity contribution in [1.82, 2.24) is 4.90 Å². The summed E-state index contributed by atoms with van der Waals surface area (Å²) < 4.78 is 0. The molecule has 0 bridgehead atoms. The molecule has 17 heavy (non-hydrogen) atoms. The molecule has 0 aromatic heterocycles. The zero-order valence-corrected chi connectivity index (χ0v) is 11.8. The highest BCUT2D eigenvalue weighted by Crippen LogP contribution is 2.25. The van der Waals surface area contributed by atoms with Gasteiger partial charge in [0.2, 0.25) is 0 Å². The third-order valence-corrected chi connectivity index (χ3v) is 3.89. The summed E-state index contributed by atoms with van der Waals surface area (Å²) >= 11 is 7.63. The van der Waals surface area contributed by atoms with Crippen molar-refractivity contribution in [3.05, 3.63) is 28.8 Å². The summed E-state index contributed by atoms with van der Waals surface area (Å²) in [6.07, 6.45) is 0. The zero-order valence-electron chi connectivity index (χ0n) is 10.2. The lowest BCUT2D eigenvalue weighted by Gasteiger charge is -2.17. The van der Waals surface area contributed by atoms with Crippen LogP contribution in [-0.2, 0) is 0 Å². The second-order valence-electron chi connectivity index (χ2n) is 3.63. The van der Waals surface area contributed by atoms with Crippen LogP contribution in [0.4, 0.5) is 0 Å². The monoisotopic (exact) mass is 268 g/mol. The quantitative estimate of drug-likeness (QED) is 0.737. The summed E-state index contributed by atoms with van der Waals surface area (Å²) in [6, 6.07) is 7.60. The zero-order chi connectivity index (χ0) is 12.7. The van der Waals surface area contributed by atoms with Crippen LogP contribution in [0.3, 0.4) is 0 Å². The maximum Gasteiger partial charge on any atom is 0.100 e. The van der Waals surface area contributed by atoms with E-state index >= 15 is 0 Å². The van der Waals surface area contributed by atoms with Gasteiger partial charge in [0.25, 0.3) is 0 Å². The topological polar surface area (TPSA) is 27.0 Å². The highest BCUT2D eigenvalue weighted by Gasteiger charge is 2.05. The maximum atomic E-state index is 8.99. The first-order valence-corrected chi connectivity index (χ1v) is 7.12. The predicted molar refractivity (Wildman–Crippen MR) is 74.7 cm³/mol. The predicted octanol–water partition coefficient (Wildman–Crippen LogP) is 3.65. The Morgan fingerprint density at radius 2 is 2.06 bits per heavy atom. The van der Waals surface area contributed by atoms with Crippen molar-refractivity contribution in [2.75, 3.05) is 25.4 Å². The molecule has 0 N–H and O–H groups in total. The van der Waals surface area contributed by atoms with Crippen LogP contribution >= 0.6 is 23.4 Å². The largest absolute Gasteiger partial charge is 0.303 e. The van der Waals surface area contributed by atoms with E-state index in [9.17, 15) is 0 Å². The molecule has 0 aliphatic rings. The van der Waals surface area contributed by atoms with E-state index in [2.05, 4.69) is 24.8 Å². The number of nitrogens with zero attached hydrogens (tertiary/aromatic N) is 2. The van der Waals surface area contributed by atoms with Crippen LogP contribution in [0.5, 0.6) is 0 Å². The second kappa shape index (κ2) is 7.60. The van der Waals surface area contributed by atoms with Gasteiger partial charge in [0.1, 0.15) is 6.07 Å². The van der Waals surface area contributed by atoms with E-state index in [4.69, 9.17) is 16.9 Å². The molecule has 0 unspecified atom stereocenters. The minimum Gasteiger partial charge on any atom is -0.303 e. The highest BCUT2D eigenvalue weighted by molar-refractivity contribution is 7.99. The molecule has 2 nitrogen and oxygen atoms in total. The van der Waals surface area contributed by atoms with Gasteiger partial charge in [-0.15, -0.1) is 11.8 Å². The molecule has 1 aromatic carbocycles. The van der Waals surface area contributed by atoms with E-state index in [0.29, 0.717) is 10.6 Å². The Bertz CT molecular complexity index is 397. The fourth-order valence-corrected chi connectivity index (χ4v) is 2.82. The van der Waals surface area contributed by atoms with Gasteiger partial charge in [0.15, 0.2) is 0 Å². The van der Waals surface area contributed by atoms with Gasteiger partial charge >= 0.3 is 0 Å². The Morgan fingerprint density at radius 1 is 1.35 bits per heavy atom. The minimum absolute atomic E-state index is 0.689. The van der Waals surface area contributed by atoms with E-state index in [1.807, 2.05) is 6.07 Å². The van der Waals surface area contributed by atoms with E-state index in [0.717, 1.165) is 30.3 Å². The molecule has 0 aliphatic carbocycles. The average molecular weight is 269 g/mol. The molecule has 1 rings (SSSR count). The highest BCUT2D eigenvalue weighted by atomic mass is 35.5. The second-order valence-corrected chi connectivity index (χ2v) is 5.20. The number of halogens is 1. The summed E-state index contributed by atoms with van der Waals surface area (Å²) in [5.74, 6) is 0.983. The Hall–Kier alpha value is -0.690. The van der Waals surface area contributed by atoms with Crippen LogP contribution in [-0.4, -0.2) is 30.3 Å². The fourth-order valence-electron chi connectivity index (χ4n) is 1.53. The normalized spacial score (nSPS) is 10.5. The lowest BCUT2D eigenvalue weighted by molar-refractivity contribution is 0.324. The number of nitriles is 1. The van der Waals surface area contributed by atoms with Gasteiger partial charge in [0.05, 0.1) is 5.56 Å². The van der Waals surface area contributed by atoms with Gasteiger partial charge in [-0.3, -0.25) is 0 Å². The molecule has 0 atom stereocenters. The third kappa shape index (κ3) is 4.59. The molecular weight excluding hydrogens is 252 g/mol. The van der Waals surface area contributed by atoms with E-state index < -0.39 is 0 Å². The lowest BCUT2D eigenvalue weighted by atomic mass is 10.2. The van der Waals surface area contributed by atoms with Crippen LogP contribution < -0.4 is 0 Å². The van der Waals surface area contributed by atoms with Crippen LogP contribution in [0.15, 0.2) is 23.1 Å². The van der Waals surface area contributed by atoms with Crippen molar-refractivity contribution in [1.29, 1.82) is 5.26 Å². The molecule has 0 heterocycles. The molecule has 0 saturated carbocycles. The van der Waals surface area contributed by atoms with Gasteiger partial charge in [-0.1, -0.05) is 25.4 Å². The fraction of sp³-hybridized carbons (Fsp3) is 0.462. The Balaban J connectivity index is 2.57. The number of rotatable bonds is 6. The number of hydrogen-bond donors (Lipinski definition) is 0. The Labute approximate surface area is 113 Å². The summed E-state index contributed by atoms with van der Waals surface area (Å²) in [7, 11) is 0. The molecule has 4 heteroatoms. The first-order valence-electron chi connectivity index (χ1n) is 5.76. The number of thioether (sulfide) groups is 1. The number of hydrogen-bond acceptors (Lipinski definition) is 3. The van der Waals surface area contributed by atoms with Gasteiger partial charge in [-0.2, -0.15) is 5.26 Å². The smallest absolute Gasteiger partial charge is 0.100 e. The molecule has 0 amide bonds. The van der Waals surface area contributed by atoms with Crippen molar-refractivity contribution in [2.45, 2.75) is 18.7 Å². The van der Waals surface area contributed by atoms with Gasteiger partial charge < -0.3 is 4.90 Å². The van der Waals surface area contributed by atoms with E-state index in [-0.39, 0.29) is 0 Å². The molecule has 0 radical (unpaired) electrons. The van der Waals surface area contributed by atoms with Crippen LogP contribution in [0, 0.1) is 11.3 Å². The molecule has 0 spiro atoms. The molecule has 0 aliphatic heterocycles. The Morgan fingerprint density at radius 3 is 2.65 bits per heavy atom. The number of benzene rings is 1. The van der Waals surface area contributed by atoms with Crippen molar-refractivity contribution in [3.63, 3.8) is 0 Å². The summed E-state index contributed by atoms with van der Waals surface area (Å²) in [5.41, 5.74) is 0.707. The summed E-state index contributed by atoms with van der Waals surface area (Å²) in [4.78, 5) is 3.34. The third-order valence-electron chi connectivity index (χ3n) is 2.62. The molecule has 0 fully saturated rings. The lowest BCUT2D eigenvalue weighted by Crippen LogP contribution is -2.25. The van der Waals surface area contributed by atoms with E-state index in [1.165, 1.54) is 0 Å². The Kier molecular flexibility index (Phi) is 6.43. The van der Waals surface area contributed by atoms with Crippen molar-refractivity contribution >= 4 is 23.4 Å².